The molecule has 0 aromatic heterocycles. The summed E-state index contributed by atoms with van der Waals surface area (Å²) in [6.07, 6.45) is 0. The Morgan fingerprint density at radius 1 is 1.11 bits per heavy atom. The number of ether oxygens (including phenoxy) is 2. The van der Waals surface area contributed by atoms with Crippen molar-refractivity contribution in [3.63, 3.8) is 0 Å². The molecule has 0 aliphatic rings. The first-order valence-corrected chi connectivity index (χ1v) is 11.6. The highest BCUT2D eigenvalue weighted by Gasteiger charge is 2.37. The SMILES string of the molecule is CCOC(=O)CNC(=O)NCCOC(=O)c1cccc(S(=O)(=O)C(Br)(Br)Br)c1. The van der Waals surface area contributed by atoms with Crippen LogP contribution in [0.3, 0.4) is 0 Å². The minimum absolute atomic E-state index is 0.00823. The lowest BCUT2D eigenvalue weighted by molar-refractivity contribution is -0.141. The molecule has 1 aromatic carbocycles. The number of amides is 2. The Kier molecular flexibility index (Phi) is 9.87. The number of hydrogen-bond donors (Lipinski definition) is 2. The number of rotatable bonds is 8. The van der Waals surface area contributed by atoms with Gasteiger partial charge in [-0.3, -0.25) is 4.79 Å². The van der Waals surface area contributed by atoms with E-state index >= 15 is 0 Å². The van der Waals surface area contributed by atoms with E-state index in [9.17, 15) is 22.8 Å². The summed E-state index contributed by atoms with van der Waals surface area (Å²) in [7, 11) is -3.85. The van der Waals surface area contributed by atoms with Crippen LogP contribution in [-0.4, -0.2) is 54.2 Å². The van der Waals surface area contributed by atoms with E-state index in [4.69, 9.17) is 4.74 Å². The number of nitrogens with one attached hydrogen (secondary N) is 2. The van der Waals surface area contributed by atoms with E-state index in [0.29, 0.717) is 0 Å². The molecule has 0 aliphatic heterocycles. The van der Waals surface area contributed by atoms with Crippen molar-refractivity contribution in [1.29, 1.82) is 0 Å². The molecule has 2 amide bonds. The summed E-state index contributed by atoms with van der Waals surface area (Å²) in [6, 6.07) is 4.69. The van der Waals surface area contributed by atoms with Crippen LogP contribution in [0, 0.1) is 0 Å². The lowest BCUT2D eigenvalue weighted by Crippen LogP contribution is -2.40. The molecule has 28 heavy (non-hydrogen) atoms. The highest BCUT2D eigenvalue weighted by molar-refractivity contribution is 9.42. The molecular weight excluding hydrogens is 592 g/mol. The zero-order valence-corrected chi connectivity index (χ0v) is 20.1. The number of urea groups is 1. The van der Waals surface area contributed by atoms with Crippen LogP contribution >= 0.6 is 47.8 Å². The van der Waals surface area contributed by atoms with Crippen LogP contribution in [0.25, 0.3) is 0 Å². The smallest absolute Gasteiger partial charge is 0.338 e. The van der Waals surface area contributed by atoms with E-state index in [1.165, 1.54) is 24.3 Å². The summed E-state index contributed by atoms with van der Waals surface area (Å²) in [5, 5.41) is 4.67. The van der Waals surface area contributed by atoms with Gasteiger partial charge in [0, 0.05) is 0 Å². The molecule has 156 valence electrons. The fraction of sp³-hybridized carbons (Fsp3) is 0.400. The molecule has 0 radical (unpaired) electrons. The Bertz CT molecular complexity index is 825. The number of carbonyl (C=O) groups is 3. The van der Waals surface area contributed by atoms with E-state index in [2.05, 4.69) is 63.2 Å². The number of sulfone groups is 1. The van der Waals surface area contributed by atoms with Crippen LogP contribution in [0.15, 0.2) is 29.2 Å². The lowest BCUT2D eigenvalue weighted by atomic mass is 10.2. The maximum absolute atomic E-state index is 12.3. The molecule has 0 atom stereocenters. The van der Waals surface area contributed by atoms with Crippen molar-refractivity contribution in [3.8, 4) is 0 Å². The van der Waals surface area contributed by atoms with E-state index in [0.717, 1.165) is 0 Å². The van der Waals surface area contributed by atoms with Crippen LogP contribution in [0.1, 0.15) is 17.3 Å². The highest BCUT2D eigenvalue weighted by Crippen LogP contribution is 2.43. The van der Waals surface area contributed by atoms with Gasteiger partial charge in [-0.1, -0.05) is 6.07 Å². The third-order valence-electron chi connectivity index (χ3n) is 3.00. The first-order chi connectivity index (χ1) is 13.0. The Morgan fingerprint density at radius 2 is 1.79 bits per heavy atom. The molecular formula is C15H17Br3N2O7S. The molecule has 9 nitrogen and oxygen atoms in total. The molecule has 1 rings (SSSR count). The van der Waals surface area contributed by atoms with Gasteiger partial charge in [-0.05, 0) is 72.9 Å². The van der Waals surface area contributed by atoms with Gasteiger partial charge >= 0.3 is 18.0 Å². The van der Waals surface area contributed by atoms with Crippen LogP contribution in [0.4, 0.5) is 4.79 Å². The molecule has 1 aromatic rings. The molecule has 0 fully saturated rings. The number of esters is 2. The van der Waals surface area contributed by atoms with E-state index in [1.807, 2.05) is 0 Å². The van der Waals surface area contributed by atoms with Crippen molar-refractivity contribution in [2.75, 3.05) is 26.3 Å². The van der Waals surface area contributed by atoms with Crippen LogP contribution < -0.4 is 10.6 Å². The molecule has 0 unspecified atom stereocenters. The van der Waals surface area contributed by atoms with Crippen molar-refractivity contribution in [3.05, 3.63) is 29.8 Å². The third-order valence-corrected chi connectivity index (χ3v) is 8.32. The van der Waals surface area contributed by atoms with Crippen LogP contribution in [0.5, 0.6) is 0 Å². The van der Waals surface area contributed by atoms with Gasteiger partial charge in [-0.2, -0.15) is 0 Å². The normalized spacial score (nSPS) is 11.4. The predicted octanol–water partition coefficient (Wildman–Crippen LogP) is 2.28. The topological polar surface area (TPSA) is 128 Å². The van der Waals surface area contributed by atoms with Gasteiger partial charge in [0.1, 0.15) is 13.2 Å². The van der Waals surface area contributed by atoms with Crippen molar-refractivity contribution < 1.29 is 32.3 Å². The second-order valence-electron chi connectivity index (χ2n) is 5.03. The molecule has 13 heteroatoms. The van der Waals surface area contributed by atoms with Crippen LogP contribution in [0.2, 0.25) is 0 Å². The van der Waals surface area contributed by atoms with Gasteiger partial charge < -0.3 is 20.1 Å². The predicted molar refractivity (Wildman–Crippen MR) is 111 cm³/mol. The maximum atomic E-state index is 12.3. The minimum Gasteiger partial charge on any atom is -0.465 e. The number of halogens is 3. The molecule has 0 bridgehead atoms. The maximum Gasteiger partial charge on any atom is 0.338 e. The Labute approximate surface area is 187 Å². The highest BCUT2D eigenvalue weighted by atomic mass is 80.0. The molecule has 2 N–H and O–H groups in total. The monoisotopic (exact) mass is 606 g/mol. The fourth-order valence-electron chi connectivity index (χ4n) is 1.74. The molecule has 0 aliphatic carbocycles. The standard InChI is InChI=1S/C15H17Br3N2O7S/c1-2-26-12(21)9-20-14(23)19-6-7-27-13(22)10-4-3-5-11(8-10)28(24,25)15(16,17)18/h3-5,8H,2,6-7,9H2,1H3,(H2,19,20,23). The molecule has 0 saturated heterocycles. The van der Waals surface area contributed by atoms with Crippen molar-refractivity contribution >= 4 is 75.6 Å². The van der Waals surface area contributed by atoms with E-state index in [1.54, 1.807) is 6.92 Å². The van der Waals surface area contributed by atoms with E-state index in [-0.39, 0.29) is 36.8 Å². The van der Waals surface area contributed by atoms with Crippen molar-refractivity contribution in [1.82, 2.24) is 10.6 Å². The molecule has 0 heterocycles. The lowest BCUT2D eigenvalue weighted by Gasteiger charge is -2.14. The molecule has 0 spiro atoms. The average molecular weight is 609 g/mol. The first kappa shape index (κ1) is 24.9. The Hall–Kier alpha value is -1.18. The zero-order valence-electron chi connectivity index (χ0n) is 14.5. The fourth-order valence-corrected chi connectivity index (χ4v) is 4.23. The third kappa shape index (κ3) is 7.68. The summed E-state index contributed by atoms with van der Waals surface area (Å²) >= 11 is 8.84. The Morgan fingerprint density at radius 3 is 2.39 bits per heavy atom. The van der Waals surface area contributed by atoms with Gasteiger partial charge in [0.25, 0.3) is 0 Å². The van der Waals surface area contributed by atoms with Gasteiger partial charge in [0.05, 0.1) is 23.6 Å². The average Bonchev–Trinajstić information content (AvgIpc) is 2.62. The quantitative estimate of drug-likeness (QED) is 0.263. The second-order valence-corrected chi connectivity index (χ2v) is 15.5. The summed E-state index contributed by atoms with van der Waals surface area (Å²) in [5.74, 6) is -1.33. The van der Waals surface area contributed by atoms with Crippen molar-refractivity contribution in [2.24, 2.45) is 0 Å². The zero-order chi connectivity index (χ0) is 21.4. The summed E-state index contributed by atoms with van der Waals surface area (Å²) < 4.78 is 32.7. The summed E-state index contributed by atoms with van der Waals surface area (Å²) in [4.78, 5) is 34.5. The largest absolute Gasteiger partial charge is 0.465 e. The second kappa shape index (κ2) is 11.1. The van der Waals surface area contributed by atoms with Crippen molar-refractivity contribution in [2.45, 2.75) is 13.3 Å². The van der Waals surface area contributed by atoms with Gasteiger partial charge in [0.2, 0.25) is 11.3 Å². The first-order valence-electron chi connectivity index (χ1n) is 7.75. The van der Waals surface area contributed by atoms with Gasteiger partial charge in [-0.25, -0.2) is 18.0 Å². The van der Waals surface area contributed by atoms with Crippen LogP contribution in [-0.2, 0) is 24.1 Å². The number of hydrogen-bond acceptors (Lipinski definition) is 7. The van der Waals surface area contributed by atoms with E-state index < -0.39 is 29.3 Å². The number of alkyl halides is 3. The summed E-state index contributed by atoms with van der Waals surface area (Å²) in [5.41, 5.74) is 0.0320. The number of benzene rings is 1. The number of carbonyl (C=O) groups excluding carboxylic acids is 3. The summed E-state index contributed by atoms with van der Waals surface area (Å²) in [6.45, 7) is 1.42. The minimum atomic E-state index is -3.85. The van der Waals surface area contributed by atoms with Gasteiger partial charge in [0.15, 0.2) is 0 Å². The Balaban J connectivity index is 2.52. The van der Waals surface area contributed by atoms with Gasteiger partial charge in [-0.15, -0.1) is 0 Å². The molecule has 0 saturated carbocycles.